The van der Waals surface area contributed by atoms with Crippen molar-refractivity contribution in [2.75, 3.05) is 40.0 Å². The van der Waals surface area contributed by atoms with Gasteiger partial charge in [-0.25, -0.2) is 0 Å². The number of nitrogens with two attached hydrogens (primary N) is 1. The van der Waals surface area contributed by atoms with Gasteiger partial charge in [0.1, 0.15) is 6.61 Å². The summed E-state index contributed by atoms with van der Waals surface area (Å²) < 4.78 is 9.75. The van der Waals surface area contributed by atoms with Gasteiger partial charge in [0.05, 0.1) is 13.2 Å². The van der Waals surface area contributed by atoms with E-state index in [2.05, 4.69) is 5.32 Å². The van der Waals surface area contributed by atoms with Gasteiger partial charge in [0.25, 0.3) is 0 Å². The van der Waals surface area contributed by atoms with Crippen LogP contribution in [-0.4, -0.2) is 45.9 Å². The van der Waals surface area contributed by atoms with Crippen LogP contribution < -0.4 is 11.1 Å². The van der Waals surface area contributed by atoms with Crippen molar-refractivity contribution in [3.05, 3.63) is 0 Å². The Bertz CT molecular complexity index is 131. The molecular weight excluding hydrogens is 172 g/mol. The van der Waals surface area contributed by atoms with Crippen LogP contribution in [0.5, 0.6) is 0 Å². The van der Waals surface area contributed by atoms with Crippen LogP contribution in [0.1, 0.15) is 6.42 Å². The van der Waals surface area contributed by atoms with Crippen LogP contribution >= 0.6 is 0 Å². The topological polar surface area (TPSA) is 73.6 Å². The summed E-state index contributed by atoms with van der Waals surface area (Å²) >= 11 is 0. The molecule has 0 fully saturated rings. The molecule has 0 bridgehead atoms. The van der Waals surface area contributed by atoms with Crippen molar-refractivity contribution in [2.24, 2.45) is 5.73 Å². The third-order valence-electron chi connectivity index (χ3n) is 1.37. The molecular formula is C8H18N2O3. The second-order valence-corrected chi connectivity index (χ2v) is 2.54. The maximum atomic E-state index is 11.0. The van der Waals surface area contributed by atoms with Crippen molar-refractivity contribution in [1.82, 2.24) is 5.32 Å². The highest BCUT2D eigenvalue weighted by atomic mass is 16.5. The van der Waals surface area contributed by atoms with Gasteiger partial charge in [0, 0.05) is 13.7 Å². The van der Waals surface area contributed by atoms with E-state index >= 15 is 0 Å². The Balaban J connectivity index is 3.11. The molecule has 0 aromatic carbocycles. The minimum absolute atomic E-state index is 0.0912. The lowest BCUT2D eigenvalue weighted by atomic mass is 10.4. The molecule has 0 rings (SSSR count). The van der Waals surface area contributed by atoms with Crippen molar-refractivity contribution < 1.29 is 14.3 Å². The van der Waals surface area contributed by atoms with Gasteiger partial charge in [0.15, 0.2) is 0 Å². The summed E-state index contributed by atoms with van der Waals surface area (Å²) in [6, 6.07) is 0. The molecule has 78 valence electrons. The monoisotopic (exact) mass is 190 g/mol. The molecule has 0 aliphatic rings. The van der Waals surface area contributed by atoms with E-state index in [4.69, 9.17) is 15.2 Å². The third kappa shape index (κ3) is 9.26. The van der Waals surface area contributed by atoms with Crippen LogP contribution in [0.15, 0.2) is 0 Å². The molecule has 5 nitrogen and oxygen atoms in total. The van der Waals surface area contributed by atoms with Gasteiger partial charge in [-0.05, 0) is 13.0 Å². The van der Waals surface area contributed by atoms with Crippen LogP contribution in [0.2, 0.25) is 0 Å². The average molecular weight is 190 g/mol. The molecule has 0 aromatic rings. The Kier molecular flexibility index (Phi) is 8.97. The van der Waals surface area contributed by atoms with Crippen LogP contribution in [-0.2, 0) is 14.3 Å². The fourth-order valence-corrected chi connectivity index (χ4v) is 0.688. The molecule has 0 unspecified atom stereocenters. The molecule has 5 heteroatoms. The number of amides is 1. The number of ether oxygens (including phenoxy) is 2. The average Bonchev–Trinajstić information content (AvgIpc) is 2.13. The normalized spacial score (nSPS) is 10.0. The Morgan fingerprint density at radius 3 is 2.85 bits per heavy atom. The van der Waals surface area contributed by atoms with Crippen LogP contribution in [0.4, 0.5) is 0 Å². The lowest BCUT2D eigenvalue weighted by Gasteiger charge is -2.04. The lowest BCUT2D eigenvalue weighted by Crippen LogP contribution is -2.29. The molecule has 0 heterocycles. The fourth-order valence-electron chi connectivity index (χ4n) is 0.688. The Morgan fingerprint density at radius 1 is 1.46 bits per heavy atom. The summed E-state index contributed by atoms with van der Waals surface area (Å²) in [5.41, 5.74) is 5.26. The van der Waals surface area contributed by atoms with E-state index in [9.17, 15) is 4.79 Å². The molecule has 3 N–H and O–H groups in total. The number of methoxy groups -OCH3 is 1. The summed E-state index contributed by atoms with van der Waals surface area (Å²) in [5, 5.41) is 2.68. The SMILES string of the molecule is COCCOCC(=O)NCCCN. The zero-order chi connectivity index (χ0) is 9.94. The standard InChI is InChI=1S/C8H18N2O3/c1-12-5-6-13-7-8(11)10-4-2-3-9/h2-7,9H2,1H3,(H,10,11). The highest BCUT2D eigenvalue weighted by Crippen LogP contribution is 1.77. The van der Waals surface area contributed by atoms with Gasteiger partial charge in [-0.1, -0.05) is 0 Å². The molecule has 0 radical (unpaired) electrons. The van der Waals surface area contributed by atoms with Gasteiger partial charge in [-0.2, -0.15) is 0 Å². The zero-order valence-corrected chi connectivity index (χ0v) is 8.04. The van der Waals surface area contributed by atoms with E-state index in [1.54, 1.807) is 7.11 Å². The molecule has 0 saturated heterocycles. The van der Waals surface area contributed by atoms with Crippen molar-refractivity contribution >= 4 is 5.91 Å². The van der Waals surface area contributed by atoms with Gasteiger partial charge in [-0.15, -0.1) is 0 Å². The highest BCUT2D eigenvalue weighted by molar-refractivity contribution is 5.77. The quantitative estimate of drug-likeness (QED) is 0.487. The predicted octanol–water partition coefficient (Wildman–Crippen LogP) is -0.886. The molecule has 0 aromatic heterocycles. The second kappa shape index (κ2) is 9.44. The van der Waals surface area contributed by atoms with Crippen molar-refractivity contribution in [3.8, 4) is 0 Å². The first-order chi connectivity index (χ1) is 6.31. The number of carbonyl (C=O) groups is 1. The summed E-state index contributed by atoms with van der Waals surface area (Å²) in [6.45, 7) is 2.25. The van der Waals surface area contributed by atoms with E-state index in [0.717, 1.165) is 6.42 Å². The smallest absolute Gasteiger partial charge is 0.246 e. The van der Waals surface area contributed by atoms with E-state index in [1.807, 2.05) is 0 Å². The highest BCUT2D eigenvalue weighted by Gasteiger charge is 1.98. The zero-order valence-electron chi connectivity index (χ0n) is 8.04. The molecule has 0 spiro atoms. The largest absolute Gasteiger partial charge is 0.382 e. The minimum atomic E-state index is -0.107. The number of nitrogens with one attached hydrogen (secondary N) is 1. The van der Waals surface area contributed by atoms with Gasteiger partial charge in [0.2, 0.25) is 5.91 Å². The molecule has 0 saturated carbocycles. The van der Waals surface area contributed by atoms with E-state index in [0.29, 0.717) is 26.3 Å². The van der Waals surface area contributed by atoms with Crippen molar-refractivity contribution in [3.63, 3.8) is 0 Å². The van der Waals surface area contributed by atoms with Gasteiger partial charge in [-0.3, -0.25) is 4.79 Å². The van der Waals surface area contributed by atoms with Crippen LogP contribution in [0.3, 0.4) is 0 Å². The Labute approximate surface area is 78.6 Å². The number of carbonyl (C=O) groups excluding carboxylic acids is 1. The van der Waals surface area contributed by atoms with Gasteiger partial charge < -0.3 is 20.5 Å². The second-order valence-electron chi connectivity index (χ2n) is 2.54. The Morgan fingerprint density at radius 2 is 2.23 bits per heavy atom. The molecule has 0 aliphatic carbocycles. The van der Waals surface area contributed by atoms with E-state index < -0.39 is 0 Å². The predicted molar refractivity (Wildman–Crippen MR) is 49.4 cm³/mol. The lowest BCUT2D eigenvalue weighted by molar-refractivity contribution is -0.126. The van der Waals surface area contributed by atoms with E-state index in [1.165, 1.54) is 0 Å². The van der Waals surface area contributed by atoms with Crippen LogP contribution in [0.25, 0.3) is 0 Å². The fraction of sp³-hybridized carbons (Fsp3) is 0.875. The number of hydrogen-bond acceptors (Lipinski definition) is 4. The first-order valence-corrected chi connectivity index (χ1v) is 4.34. The molecule has 0 atom stereocenters. The summed E-state index contributed by atoms with van der Waals surface area (Å²) in [7, 11) is 1.59. The maximum absolute atomic E-state index is 11.0. The first kappa shape index (κ1) is 12.3. The number of rotatable bonds is 8. The van der Waals surface area contributed by atoms with Crippen molar-refractivity contribution in [1.29, 1.82) is 0 Å². The van der Waals surface area contributed by atoms with Gasteiger partial charge >= 0.3 is 0 Å². The summed E-state index contributed by atoms with van der Waals surface area (Å²) in [4.78, 5) is 11.0. The van der Waals surface area contributed by atoms with Crippen molar-refractivity contribution in [2.45, 2.75) is 6.42 Å². The Hall–Kier alpha value is -0.650. The third-order valence-corrected chi connectivity index (χ3v) is 1.37. The summed E-state index contributed by atoms with van der Waals surface area (Å²) in [5.74, 6) is -0.107. The molecule has 0 aliphatic heterocycles. The number of hydrogen-bond donors (Lipinski definition) is 2. The summed E-state index contributed by atoms with van der Waals surface area (Å²) in [6.07, 6.45) is 0.795. The van der Waals surface area contributed by atoms with E-state index in [-0.39, 0.29) is 12.5 Å². The first-order valence-electron chi connectivity index (χ1n) is 4.34. The maximum Gasteiger partial charge on any atom is 0.246 e. The molecule has 13 heavy (non-hydrogen) atoms. The molecule has 1 amide bonds. The van der Waals surface area contributed by atoms with Crippen LogP contribution in [0, 0.1) is 0 Å². The minimum Gasteiger partial charge on any atom is -0.382 e.